The molecule has 3 nitrogen and oxygen atoms in total. The van der Waals surface area contributed by atoms with Crippen LogP contribution in [0.25, 0.3) is 0 Å². The van der Waals surface area contributed by atoms with E-state index in [1.807, 2.05) is 7.05 Å². The summed E-state index contributed by atoms with van der Waals surface area (Å²) >= 11 is 0. The van der Waals surface area contributed by atoms with Crippen molar-refractivity contribution in [2.24, 2.45) is 11.3 Å². The summed E-state index contributed by atoms with van der Waals surface area (Å²) in [7, 11) is 1.99. The molecule has 0 radical (unpaired) electrons. The predicted octanol–water partition coefficient (Wildman–Crippen LogP) is 2.06. The first-order valence-corrected chi connectivity index (χ1v) is 6.60. The maximum Gasteiger partial charge on any atom is 0.228 e. The standard InChI is InChI=1S/C13H24N2O.ClH/c1-13(6-4-7-13)12(16)15-8-3-5-11(10-15)9-14-2;/h11,14H,3-10H2,1-2H3;1H. The first-order valence-electron chi connectivity index (χ1n) is 6.60. The lowest BCUT2D eigenvalue weighted by atomic mass is 9.69. The van der Waals surface area contributed by atoms with Gasteiger partial charge in [0.25, 0.3) is 0 Å². The van der Waals surface area contributed by atoms with E-state index in [1.54, 1.807) is 0 Å². The summed E-state index contributed by atoms with van der Waals surface area (Å²) in [5, 5.41) is 3.23. The Kier molecular flexibility index (Phi) is 5.26. The van der Waals surface area contributed by atoms with Gasteiger partial charge in [0.05, 0.1) is 0 Å². The molecule has 1 unspecified atom stereocenters. The Hall–Kier alpha value is -0.280. The van der Waals surface area contributed by atoms with Gasteiger partial charge < -0.3 is 10.2 Å². The van der Waals surface area contributed by atoms with Gasteiger partial charge in [-0.15, -0.1) is 12.4 Å². The average Bonchev–Trinajstić information content (AvgIpc) is 2.26. The molecule has 1 amide bonds. The van der Waals surface area contributed by atoms with Crippen LogP contribution in [0.5, 0.6) is 0 Å². The van der Waals surface area contributed by atoms with Gasteiger partial charge in [0.2, 0.25) is 5.91 Å². The molecule has 4 heteroatoms. The second kappa shape index (κ2) is 6.05. The van der Waals surface area contributed by atoms with Crippen LogP contribution in [0.15, 0.2) is 0 Å². The third-order valence-corrected chi connectivity index (χ3v) is 4.27. The normalized spacial score (nSPS) is 26.9. The van der Waals surface area contributed by atoms with Crippen molar-refractivity contribution in [3.63, 3.8) is 0 Å². The van der Waals surface area contributed by atoms with Crippen molar-refractivity contribution in [2.75, 3.05) is 26.7 Å². The zero-order valence-electron chi connectivity index (χ0n) is 11.0. The van der Waals surface area contributed by atoms with Gasteiger partial charge in [0.15, 0.2) is 0 Å². The topological polar surface area (TPSA) is 32.3 Å². The number of carbonyl (C=O) groups is 1. The Morgan fingerprint density at radius 1 is 1.41 bits per heavy atom. The fourth-order valence-corrected chi connectivity index (χ4v) is 3.01. The lowest BCUT2D eigenvalue weighted by molar-refractivity contribution is -0.147. The van der Waals surface area contributed by atoms with Crippen molar-refractivity contribution < 1.29 is 4.79 Å². The summed E-state index contributed by atoms with van der Waals surface area (Å²) < 4.78 is 0. The maximum atomic E-state index is 12.4. The summed E-state index contributed by atoms with van der Waals surface area (Å²) in [6.45, 7) is 5.13. The number of hydrogen-bond acceptors (Lipinski definition) is 2. The van der Waals surface area contributed by atoms with Crippen LogP contribution in [0.3, 0.4) is 0 Å². The Labute approximate surface area is 111 Å². The molecule has 1 aliphatic carbocycles. The summed E-state index contributed by atoms with van der Waals surface area (Å²) in [4.78, 5) is 14.5. The molecule has 1 N–H and O–H groups in total. The SMILES string of the molecule is CNCC1CCCN(C(=O)C2(C)CCC2)C1.Cl. The highest BCUT2D eigenvalue weighted by Crippen LogP contribution is 2.42. The number of nitrogens with zero attached hydrogens (tertiary/aromatic N) is 1. The molecule has 0 spiro atoms. The second-order valence-corrected chi connectivity index (χ2v) is 5.73. The fourth-order valence-electron chi connectivity index (χ4n) is 3.01. The van der Waals surface area contributed by atoms with Crippen molar-refractivity contribution in [3.8, 4) is 0 Å². The van der Waals surface area contributed by atoms with Crippen LogP contribution < -0.4 is 5.32 Å². The van der Waals surface area contributed by atoms with Crippen LogP contribution in [0.2, 0.25) is 0 Å². The van der Waals surface area contributed by atoms with E-state index in [-0.39, 0.29) is 17.8 Å². The fraction of sp³-hybridized carbons (Fsp3) is 0.923. The van der Waals surface area contributed by atoms with E-state index in [1.165, 1.54) is 19.3 Å². The number of hydrogen-bond donors (Lipinski definition) is 1. The van der Waals surface area contributed by atoms with E-state index in [4.69, 9.17) is 0 Å². The molecular formula is C13H25ClN2O. The number of nitrogens with one attached hydrogen (secondary N) is 1. The first-order chi connectivity index (χ1) is 7.65. The molecule has 2 rings (SSSR count). The van der Waals surface area contributed by atoms with Crippen LogP contribution in [0.1, 0.15) is 39.0 Å². The quantitative estimate of drug-likeness (QED) is 0.843. The van der Waals surface area contributed by atoms with Crippen molar-refractivity contribution in [3.05, 3.63) is 0 Å². The molecule has 1 heterocycles. The lowest BCUT2D eigenvalue weighted by Gasteiger charge is -2.43. The summed E-state index contributed by atoms with van der Waals surface area (Å²) in [5.41, 5.74) is -0.0124. The highest BCUT2D eigenvalue weighted by molar-refractivity contribution is 5.85. The van der Waals surface area contributed by atoms with E-state index < -0.39 is 0 Å². The van der Waals surface area contributed by atoms with E-state index in [0.29, 0.717) is 11.8 Å². The van der Waals surface area contributed by atoms with Crippen molar-refractivity contribution in [1.82, 2.24) is 10.2 Å². The minimum absolute atomic E-state index is 0. The Morgan fingerprint density at radius 2 is 2.12 bits per heavy atom. The second-order valence-electron chi connectivity index (χ2n) is 5.73. The lowest BCUT2D eigenvalue weighted by Crippen LogP contribution is -2.50. The van der Waals surface area contributed by atoms with Crippen LogP contribution in [-0.4, -0.2) is 37.5 Å². The van der Waals surface area contributed by atoms with Crippen molar-refractivity contribution >= 4 is 18.3 Å². The molecule has 100 valence electrons. The largest absolute Gasteiger partial charge is 0.342 e. The molecule has 17 heavy (non-hydrogen) atoms. The zero-order chi connectivity index (χ0) is 11.6. The van der Waals surface area contributed by atoms with Gasteiger partial charge in [-0.1, -0.05) is 13.3 Å². The number of halogens is 1. The molecule has 2 aliphatic rings. The van der Waals surface area contributed by atoms with Gasteiger partial charge in [-0.25, -0.2) is 0 Å². The molecule has 0 aromatic rings. The van der Waals surface area contributed by atoms with E-state index in [0.717, 1.165) is 32.5 Å². The van der Waals surface area contributed by atoms with Crippen LogP contribution >= 0.6 is 12.4 Å². The molecule has 0 aromatic heterocycles. The molecule has 1 saturated heterocycles. The Bertz CT molecular complexity index is 264. The Morgan fingerprint density at radius 3 is 2.65 bits per heavy atom. The molecule has 1 aliphatic heterocycles. The third kappa shape index (κ3) is 3.14. The van der Waals surface area contributed by atoms with Crippen molar-refractivity contribution in [2.45, 2.75) is 39.0 Å². The van der Waals surface area contributed by atoms with Gasteiger partial charge >= 0.3 is 0 Å². The molecule has 2 fully saturated rings. The van der Waals surface area contributed by atoms with Gasteiger partial charge in [0, 0.05) is 18.5 Å². The maximum absolute atomic E-state index is 12.4. The number of likely N-dealkylation sites (tertiary alicyclic amines) is 1. The van der Waals surface area contributed by atoms with Crippen LogP contribution in [-0.2, 0) is 4.79 Å². The number of amides is 1. The van der Waals surface area contributed by atoms with Crippen molar-refractivity contribution in [1.29, 1.82) is 0 Å². The molecule has 0 aromatic carbocycles. The van der Waals surface area contributed by atoms with E-state index in [9.17, 15) is 4.79 Å². The van der Waals surface area contributed by atoms with E-state index >= 15 is 0 Å². The third-order valence-electron chi connectivity index (χ3n) is 4.27. The van der Waals surface area contributed by atoms with Gasteiger partial charge in [-0.3, -0.25) is 4.79 Å². The minimum Gasteiger partial charge on any atom is -0.342 e. The Balaban J connectivity index is 0.00000144. The summed E-state index contributed by atoms with van der Waals surface area (Å²) in [6, 6.07) is 0. The van der Waals surface area contributed by atoms with E-state index in [2.05, 4.69) is 17.1 Å². The highest BCUT2D eigenvalue weighted by atomic mass is 35.5. The minimum atomic E-state index is -0.0124. The highest BCUT2D eigenvalue weighted by Gasteiger charge is 2.42. The number of carbonyl (C=O) groups excluding carboxylic acids is 1. The zero-order valence-corrected chi connectivity index (χ0v) is 11.8. The first kappa shape index (κ1) is 14.8. The molecule has 0 bridgehead atoms. The summed E-state index contributed by atoms with van der Waals surface area (Å²) in [6.07, 6.45) is 5.86. The molecular weight excluding hydrogens is 236 g/mol. The predicted molar refractivity (Wildman–Crippen MR) is 72.4 cm³/mol. The number of piperidine rings is 1. The average molecular weight is 261 g/mol. The van der Waals surface area contributed by atoms with Crippen LogP contribution in [0, 0.1) is 11.3 Å². The monoisotopic (exact) mass is 260 g/mol. The number of rotatable bonds is 3. The van der Waals surface area contributed by atoms with Gasteiger partial charge in [-0.2, -0.15) is 0 Å². The van der Waals surface area contributed by atoms with Gasteiger partial charge in [-0.05, 0) is 45.2 Å². The van der Waals surface area contributed by atoms with Gasteiger partial charge in [0.1, 0.15) is 0 Å². The smallest absolute Gasteiger partial charge is 0.228 e. The molecule has 1 atom stereocenters. The van der Waals surface area contributed by atoms with Crippen LogP contribution in [0.4, 0.5) is 0 Å². The summed E-state index contributed by atoms with van der Waals surface area (Å²) in [5.74, 6) is 1.07. The molecule has 1 saturated carbocycles.